The molecule has 0 aliphatic heterocycles. The molecule has 1 amide bonds. The molecule has 3 aromatic rings. The van der Waals surface area contributed by atoms with Crippen molar-refractivity contribution in [3.63, 3.8) is 0 Å². The minimum atomic E-state index is -0.258. The zero-order valence-electron chi connectivity index (χ0n) is 17.8. The molecule has 0 saturated heterocycles. The molecule has 0 aliphatic carbocycles. The van der Waals surface area contributed by atoms with E-state index >= 15 is 0 Å². The first kappa shape index (κ1) is 21.8. The maximum atomic E-state index is 12.3. The Hall–Kier alpha value is -3.93. The van der Waals surface area contributed by atoms with E-state index in [1.807, 2.05) is 42.5 Å². The van der Waals surface area contributed by atoms with Crippen LogP contribution >= 0.6 is 0 Å². The lowest BCUT2D eigenvalue weighted by Crippen LogP contribution is -2.07. The van der Waals surface area contributed by atoms with E-state index in [2.05, 4.69) is 5.32 Å². The van der Waals surface area contributed by atoms with Gasteiger partial charge in [-0.2, -0.15) is 0 Å². The van der Waals surface area contributed by atoms with Crippen LogP contribution in [0.5, 0.6) is 23.0 Å². The highest BCUT2D eigenvalue weighted by Gasteiger charge is 2.12. The minimum Gasteiger partial charge on any atom is -0.493 e. The van der Waals surface area contributed by atoms with E-state index in [9.17, 15) is 4.79 Å². The van der Waals surface area contributed by atoms with Crippen LogP contribution < -0.4 is 24.3 Å². The number of hydrogen-bond donors (Lipinski definition) is 1. The fraction of sp³-hybridized carbons (Fsp3) is 0.160. The van der Waals surface area contributed by atoms with Gasteiger partial charge in [0.15, 0.2) is 11.5 Å². The highest BCUT2D eigenvalue weighted by molar-refractivity contribution is 6.02. The second-order valence-electron chi connectivity index (χ2n) is 6.58. The van der Waals surface area contributed by atoms with Crippen LogP contribution in [0.15, 0.2) is 72.8 Å². The average molecular weight is 419 g/mol. The van der Waals surface area contributed by atoms with Gasteiger partial charge in [-0.25, -0.2) is 0 Å². The molecule has 0 unspecified atom stereocenters. The molecule has 0 atom stereocenters. The van der Waals surface area contributed by atoms with Gasteiger partial charge in [0.2, 0.25) is 11.7 Å². The summed E-state index contributed by atoms with van der Waals surface area (Å²) in [5.41, 5.74) is 2.51. The standard InChI is InChI=1S/C25H25NO5/c1-28-22-15-19(16-23(29-2)25(22)30-3)9-14-24(27)26-20-10-12-21(13-11-20)31-17-18-7-5-4-6-8-18/h4-16H,17H2,1-3H3,(H,26,27). The number of ether oxygens (including phenoxy) is 4. The predicted molar refractivity (Wildman–Crippen MR) is 121 cm³/mol. The van der Waals surface area contributed by atoms with E-state index < -0.39 is 0 Å². The summed E-state index contributed by atoms with van der Waals surface area (Å²) in [6.07, 6.45) is 3.12. The van der Waals surface area contributed by atoms with Crippen molar-refractivity contribution in [1.29, 1.82) is 0 Å². The summed E-state index contributed by atoms with van der Waals surface area (Å²) in [7, 11) is 4.64. The zero-order chi connectivity index (χ0) is 22.1. The van der Waals surface area contributed by atoms with Crippen molar-refractivity contribution in [2.24, 2.45) is 0 Å². The van der Waals surface area contributed by atoms with E-state index in [0.717, 1.165) is 16.9 Å². The van der Waals surface area contributed by atoms with Crippen LogP contribution in [0.4, 0.5) is 5.69 Å². The first-order chi connectivity index (χ1) is 15.1. The van der Waals surface area contributed by atoms with Crippen molar-refractivity contribution in [3.8, 4) is 23.0 Å². The maximum Gasteiger partial charge on any atom is 0.248 e. The third-order valence-corrected chi connectivity index (χ3v) is 4.48. The maximum absolute atomic E-state index is 12.3. The number of nitrogens with one attached hydrogen (secondary N) is 1. The van der Waals surface area contributed by atoms with Gasteiger partial charge < -0.3 is 24.3 Å². The monoisotopic (exact) mass is 419 g/mol. The van der Waals surface area contributed by atoms with Crippen LogP contribution in [-0.2, 0) is 11.4 Å². The van der Waals surface area contributed by atoms with E-state index in [1.54, 1.807) is 51.7 Å². The third kappa shape index (κ3) is 6.02. The average Bonchev–Trinajstić information content (AvgIpc) is 2.82. The summed E-state index contributed by atoms with van der Waals surface area (Å²) in [5, 5.41) is 2.82. The smallest absolute Gasteiger partial charge is 0.248 e. The second-order valence-corrected chi connectivity index (χ2v) is 6.58. The Morgan fingerprint density at radius 3 is 2.10 bits per heavy atom. The summed E-state index contributed by atoms with van der Waals surface area (Å²) in [6.45, 7) is 0.490. The number of hydrogen-bond acceptors (Lipinski definition) is 5. The predicted octanol–water partition coefficient (Wildman–Crippen LogP) is 4.94. The molecule has 6 nitrogen and oxygen atoms in total. The molecule has 0 radical (unpaired) electrons. The van der Waals surface area contributed by atoms with Gasteiger partial charge >= 0.3 is 0 Å². The first-order valence-electron chi connectivity index (χ1n) is 9.69. The van der Waals surface area contributed by atoms with Crippen molar-refractivity contribution < 1.29 is 23.7 Å². The molecule has 0 bridgehead atoms. The number of carbonyl (C=O) groups is 1. The fourth-order valence-electron chi connectivity index (χ4n) is 2.93. The van der Waals surface area contributed by atoms with Gasteiger partial charge in [-0.05, 0) is 53.6 Å². The quantitative estimate of drug-likeness (QED) is 0.498. The lowest BCUT2D eigenvalue weighted by Gasteiger charge is -2.12. The van der Waals surface area contributed by atoms with E-state index in [4.69, 9.17) is 18.9 Å². The molecule has 6 heteroatoms. The van der Waals surface area contributed by atoms with Gasteiger partial charge in [0, 0.05) is 11.8 Å². The molecule has 1 N–H and O–H groups in total. The largest absolute Gasteiger partial charge is 0.493 e. The summed E-state index contributed by atoms with van der Waals surface area (Å²) in [4.78, 5) is 12.3. The first-order valence-corrected chi connectivity index (χ1v) is 9.69. The molecule has 0 heterocycles. The minimum absolute atomic E-state index is 0.258. The molecular weight excluding hydrogens is 394 g/mol. The number of carbonyl (C=O) groups excluding carboxylic acids is 1. The van der Waals surface area contributed by atoms with Crippen molar-refractivity contribution >= 4 is 17.7 Å². The van der Waals surface area contributed by atoms with E-state index in [0.29, 0.717) is 29.5 Å². The molecular formula is C25H25NO5. The Bertz CT molecular complexity index is 1000. The molecule has 0 saturated carbocycles. The van der Waals surface area contributed by atoms with Crippen LogP contribution in [0, 0.1) is 0 Å². The fourth-order valence-corrected chi connectivity index (χ4v) is 2.93. The summed E-state index contributed by atoms with van der Waals surface area (Å²) in [6, 6.07) is 20.7. The normalized spacial score (nSPS) is 10.5. The van der Waals surface area contributed by atoms with Crippen LogP contribution in [0.2, 0.25) is 0 Å². The van der Waals surface area contributed by atoms with Crippen LogP contribution in [0.3, 0.4) is 0 Å². The highest BCUT2D eigenvalue weighted by Crippen LogP contribution is 2.38. The van der Waals surface area contributed by atoms with Crippen LogP contribution in [0.25, 0.3) is 6.08 Å². The number of amides is 1. The molecule has 31 heavy (non-hydrogen) atoms. The molecule has 0 aliphatic rings. The van der Waals surface area contributed by atoms with E-state index in [-0.39, 0.29) is 5.91 Å². The SMILES string of the molecule is COc1cc(C=CC(=O)Nc2ccc(OCc3ccccc3)cc2)cc(OC)c1OC. The van der Waals surface area contributed by atoms with E-state index in [1.165, 1.54) is 6.08 Å². The molecule has 0 fully saturated rings. The zero-order valence-corrected chi connectivity index (χ0v) is 17.8. The van der Waals surface area contributed by atoms with Gasteiger partial charge in [-0.15, -0.1) is 0 Å². The lowest BCUT2D eigenvalue weighted by atomic mass is 10.1. The summed E-state index contributed by atoms with van der Waals surface area (Å²) in [5.74, 6) is 2.02. The number of methoxy groups -OCH3 is 3. The second kappa shape index (κ2) is 10.7. The van der Waals surface area contributed by atoms with Crippen molar-refractivity contribution in [1.82, 2.24) is 0 Å². The highest BCUT2D eigenvalue weighted by atomic mass is 16.5. The topological polar surface area (TPSA) is 66.0 Å². The van der Waals surface area contributed by atoms with Gasteiger partial charge in [-0.1, -0.05) is 30.3 Å². The lowest BCUT2D eigenvalue weighted by molar-refractivity contribution is -0.111. The van der Waals surface area contributed by atoms with Gasteiger partial charge in [-0.3, -0.25) is 4.79 Å². The number of benzene rings is 3. The van der Waals surface area contributed by atoms with Crippen LogP contribution in [-0.4, -0.2) is 27.2 Å². The van der Waals surface area contributed by atoms with Crippen molar-refractivity contribution in [2.45, 2.75) is 6.61 Å². The Kier molecular flexibility index (Phi) is 7.54. The Morgan fingerprint density at radius 1 is 0.871 bits per heavy atom. The van der Waals surface area contributed by atoms with Crippen molar-refractivity contribution in [3.05, 3.63) is 83.9 Å². The summed E-state index contributed by atoms with van der Waals surface area (Å²) < 4.78 is 21.7. The molecule has 0 spiro atoms. The third-order valence-electron chi connectivity index (χ3n) is 4.48. The number of anilines is 1. The van der Waals surface area contributed by atoms with Gasteiger partial charge in [0.1, 0.15) is 12.4 Å². The molecule has 160 valence electrons. The van der Waals surface area contributed by atoms with Gasteiger partial charge in [0.25, 0.3) is 0 Å². The molecule has 0 aromatic heterocycles. The molecule has 3 rings (SSSR count). The molecule has 3 aromatic carbocycles. The number of rotatable bonds is 9. The van der Waals surface area contributed by atoms with Crippen LogP contribution in [0.1, 0.15) is 11.1 Å². The van der Waals surface area contributed by atoms with Gasteiger partial charge in [0.05, 0.1) is 21.3 Å². The summed E-state index contributed by atoms with van der Waals surface area (Å²) >= 11 is 0. The Balaban J connectivity index is 1.59. The van der Waals surface area contributed by atoms with Crippen molar-refractivity contribution in [2.75, 3.05) is 26.6 Å². The Morgan fingerprint density at radius 2 is 1.52 bits per heavy atom. The Labute approximate surface area is 182 Å².